The number of fused-ring (bicyclic) bond motifs is 5. The van der Waals surface area contributed by atoms with Gasteiger partial charge in [0.2, 0.25) is 5.78 Å². The molecule has 0 aromatic carbocycles. The fourth-order valence-corrected chi connectivity index (χ4v) is 8.45. The fourth-order valence-electron chi connectivity index (χ4n) is 7.35. The molecule has 170 valence electrons. The molecule has 0 aromatic rings. The van der Waals surface area contributed by atoms with Crippen LogP contribution in [0.1, 0.15) is 53.4 Å². The third kappa shape index (κ3) is 2.78. The van der Waals surface area contributed by atoms with Crippen molar-refractivity contribution in [1.82, 2.24) is 0 Å². The highest BCUT2D eigenvalue weighted by Crippen LogP contribution is 2.72. The lowest BCUT2D eigenvalue weighted by atomic mass is 9.46. The van der Waals surface area contributed by atoms with E-state index < -0.39 is 45.3 Å². The van der Waals surface area contributed by atoms with Crippen LogP contribution in [-0.2, 0) is 19.1 Å². The maximum atomic E-state index is 16.2. The van der Waals surface area contributed by atoms with Crippen molar-refractivity contribution in [2.45, 2.75) is 69.5 Å². The Morgan fingerprint density at radius 1 is 1.32 bits per heavy atom. The van der Waals surface area contributed by atoms with Crippen LogP contribution in [0.25, 0.3) is 0 Å². The zero-order chi connectivity index (χ0) is 23.0. The van der Waals surface area contributed by atoms with Gasteiger partial charge >= 0.3 is 5.97 Å². The first-order valence-corrected chi connectivity index (χ1v) is 11.8. The molecule has 3 saturated carbocycles. The first-order valence-electron chi connectivity index (χ1n) is 11.0. The molecule has 0 aromatic heterocycles. The highest BCUT2D eigenvalue weighted by atomic mass is 79.9. The summed E-state index contributed by atoms with van der Waals surface area (Å²) >= 11 is 3.85. The van der Waals surface area contributed by atoms with Crippen molar-refractivity contribution in [3.05, 3.63) is 23.8 Å². The number of ether oxygens (including phenoxy) is 1. The van der Waals surface area contributed by atoms with Crippen LogP contribution < -0.4 is 0 Å². The summed E-state index contributed by atoms with van der Waals surface area (Å²) in [4.78, 5) is 36.3. The number of alkyl halides is 2. The number of esters is 1. The molecule has 0 amide bonds. The topological polar surface area (TPSA) is 80.7 Å². The average Bonchev–Trinajstić information content (AvgIpc) is 2.89. The molecular weight excluding hydrogens is 467 g/mol. The Balaban J connectivity index is 1.76. The molecule has 5 nitrogen and oxygen atoms in total. The molecule has 0 bridgehead atoms. The second-order valence-corrected chi connectivity index (χ2v) is 11.6. The zero-order valence-corrected chi connectivity index (χ0v) is 20.0. The van der Waals surface area contributed by atoms with Gasteiger partial charge in [0, 0.05) is 17.8 Å². The number of carbonyl (C=O) groups excluding carboxylic acids is 3. The highest BCUT2D eigenvalue weighted by molar-refractivity contribution is 9.10. The van der Waals surface area contributed by atoms with Crippen molar-refractivity contribution in [1.29, 1.82) is 0 Å². The van der Waals surface area contributed by atoms with Crippen molar-refractivity contribution >= 4 is 33.5 Å². The summed E-state index contributed by atoms with van der Waals surface area (Å²) in [6.45, 7) is 6.34. The summed E-state index contributed by atoms with van der Waals surface area (Å²) in [5, 5.41) is 11.7. The third-order valence-electron chi connectivity index (χ3n) is 9.01. The van der Waals surface area contributed by atoms with Gasteiger partial charge in [-0.05, 0) is 55.6 Å². The summed E-state index contributed by atoms with van der Waals surface area (Å²) in [6.07, 6.45) is 5.59. The number of halogens is 2. The first kappa shape index (κ1) is 22.8. The number of hydrogen-bond donors (Lipinski definition) is 1. The molecule has 0 unspecified atom stereocenters. The van der Waals surface area contributed by atoms with E-state index in [1.165, 1.54) is 13.0 Å². The maximum Gasteiger partial charge on any atom is 0.303 e. The molecule has 0 spiro atoms. The van der Waals surface area contributed by atoms with E-state index in [1.54, 1.807) is 6.08 Å². The van der Waals surface area contributed by atoms with Gasteiger partial charge in [0.05, 0.1) is 4.32 Å². The number of allylic oxidation sites excluding steroid dienone is 4. The van der Waals surface area contributed by atoms with E-state index in [9.17, 15) is 19.5 Å². The molecule has 7 heteroatoms. The quantitative estimate of drug-likeness (QED) is 0.473. The summed E-state index contributed by atoms with van der Waals surface area (Å²) in [7, 11) is 0. The predicted molar refractivity (Wildman–Crippen MR) is 116 cm³/mol. The van der Waals surface area contributed by atoms with Crippen molar-refractivity contribution in [3.63, 3.8) is 0 Å². The average molecular weight is 497 g/mol. The van der Waals surface area contributed by atoms with Crippen molar-refractivity contribution in [2.75, 3.05) is 6.61 Å². The number of aliphatic hydroxyl groups is 1. The highest BCUT2D eigenvalue weighted by Gasteiger charge is 2.74. The van der Waals surface area contributed by atoms with Crippen molar-refractivity contribution in [2.24, 2.45) is 28.6 Å². The van der Waals surface area contributed by atoms with Crippen LogP contribution in [0.2, 0.25) is 0 Å². The number of ketones is 2. The first-order chi connectivity index (χ1) is 14.3. The van der Waals surface area contributed by atoms with Gasteiger partial charge in [-0.2, -0.15) is 0 Å². The lowest BCUT2D eigenvalue weighted by molar-refractivity contribution is -0.176. The minimum atomic E-state index is -1.76. The fraction of sp³-hybridized carbons (Fsp3) is 0.708. The number of rotatable bonds is 3. The van der Waals surface area contributed by atoms with Crippen molar-refractivity contribution in [3.8, 4) is 0 Å². The molecule has 0 radical (unpaired) electrons. The van der Waals surface area contributed by atoms with Gasteiger partial charge in [0.1, 0.15) is 11.8 Å². The summed E-state index contributed by atoms with van der Waals surface area (Å²) in [5.41, 5.74) is -2.46. The lowest BCUT2D eigenvalue weighted by Crippen LogP contribution is -2.67. The van der Waals surface area contributed by atoms with E-state index in [-0.39, 0.29) is 30.0 Å². The molecule has 31 heavy (non-hydrogen) atoms. The largest absolute Gasteiger partial charge is 0.458 e. The number of carbonyl (C=O) groups is 3. The SMILES string of the molecule is CC(=O)OCC(=O)[C@@]1(O)[C@H](C)C[C@H]2[C@@H]3CCC4=CC(=O)C=C[C@]4(C)[C@@]3(Br)[C@@H](F)C[C@@]21C. The molecule has 0 heterocycles. The van der Waals surface area contributed by atoms with E-state index in [4.69, 9.17) is 4.74 Å². The Hall–Kier alpha value is -1.34. The molecule has 1 N–H and O–H groups in total. The minimum absolute atomic E-state index is 0.0106. The van der Waals surface area contributed by atoms with E-state index >= 15 is 4.39 Å². The van der Waals surface area contributed by atoms with E-state index in [0.29, 0.717) is 19.3 Å². The summed E-state index contributed by atoms with van der Waals surface area (Å²) in [5.74, 6) is -1.82. The maximum absolute atomic E-state index is 16.2. The second-order valence-electron chi connectivity index (χ2n) is 10.3. The van der Waals surface area contributed by atoms with Crippen LogP contribution in [0.5, 0.6) is 0 Å². The smallest absolute Gasteiger partial charge is 0.303 e. The van der Waals surface area contributed by atoms with Crippen LogP contribution in [-0.4, -0.2) is 45.3 Å². The molecule has 8 atom stereocenters. The van der Waals surface area contributed by atoms with Gasteiger partial charge in [-0.3, -0.25) is 14.4 Å². The Bertz CT molecular complexity index is 914. The molecule has 3 fully saturated rings. The molecular formula is C24H30BrFO5. The lowest BCUT2D eigenvalue weighted by Gasteiger charge is -2.63. The van der Waals surface area contributed by atoms with Gasteiger partial charge in [-0.15, -0.1) is 0 Å². The van der Waals surface area contributed by atoms with Gasteiger partial charge in [-0.1, -0.05) is 48.4 Å². The molecule has 0 aliphatic heterocycles. The van der Waals surface area contributed by atoms with Gasteiger partial charge in [0.25, 0.3) is 0 Å². The van der Waals surface area contributed by atoms with E-state index in [1.807, 2.05) is 26.8 Å². The van der Waals surface area contributed by atoms with Crippen LogP contribution in [0, 0.1) is 28.6 Å². The summed E-state index contributed by atoms with van der Waals surface area (Å²) in [6, 6.07) is 0. The second kappa shape index (κ2) is 7.08. The van der Waals surface area contributed by atoms with E-state index in [0.717, 1.165) is 5.57 Å². The molecule has 4 rings (SSSR count). The number of Topliss-reactive ketones (excluding diaryl/α,β-unsaturated/α-hetero) is 1. The molecule has 4 aliphatic carbocycles. The molecule has 0 saturated heterocycles. The Kier molecular flexibility index (Phi) is 5.21. The minimum Gasteiger partial charge on any atom is -0.458 e. The standard InChI is InChI=1S/C24H30BrFO5/c1-13-9-18-17-6-5-15-10-16(28)7-8-21(15,3)23(17,25)19(26)11-22(18,4)24(13,30)20(29)12-31-14(2)27/h7-8,10,13,17-19,30H,5-6,9,11-12H2,1-4H3/t13-,17+,18+,19+,21+,22+,23+,24+/m1/s1. The van der Waals surface area contributed by atoms with Crippen molar-refractivity contribution < 1.29 is 28.6 Å². The van der Waals surface area contributed by atoms with Crippen LogP contribution in [0.4, 0.5) is 4.39 Å². The Morgan fingerprint density at radius 3 is 2.65 bits per heavy atom. The van der Waals surface area contributed by atoms with Crippen LogP contribution >= 0.6 is 15.9 Å². The van der Waals surface area contributed by atoms with Gasteiger partial charge in [-0.25, -0.2) is 4.39 Å². The summed E-state index contributed by atoms with van der Waals surface area (Å²) < 4.78 is 20.2. The van der Waals surface area contributed by atoms with Gasteiger partial charge < -0.3 is 9.84 Å². The monoisotopic (exact) mass is 496 g/mol. The normalized spacial score (nSPS) is 48.4. The predicted octanol–water partition coefficient (Wildman–Crippen LogP) is 3.87. The van der Waals surface area contributed by atoms with Gasteiger partial charge in [0.15, 0.2) is 12.4 Å². The third-order valence-corrected chi connectivity index (χ3v) is 10.9. The Labute approximate surface area is 190 Å². The van der Waals surface area contributed by atoms with E-state index in [2.05, 4.69) is 15.9 Å². The number of hydrogen-bond acceptors (Lipinski definition) is 5. The van der Waals surface area contributed by atoms with Crippen LogP contribution in [0.15, 0.2) is 23.8 Å². The van der Waals surface area contributed by atoms with Crippen LogP contribution in [0.3, 0.4) is 0 Å². The molecule has 4 aliphatic rings. The Morgan fingerprint density at radius 2 is 2.00 bits per heavy atom. The zero-order valence-electron chi connectivity index (χ0n) is 18.4.